The summed E-state index contributed by atoms with van der Waals surface area (Å²) in [7, 11) is 0. The molecule has 1 nitrogen and oxygen atoms in total. The molecule has 1 aromatic carbocycles. The van der Waals surface area contributed by atoms with Crippen LogP contribution < -0.4 is 0 Å². The summed E-state index contributed by atoms with van der Waals surface area (Å²) in [5.41, 5.74) is 2.55. The average Bonchev–Trinajstić information content (AvgIpc) is 2.58. The molecule has 2 heteroatoms. The van der Waals surface area contributed by atoms with Crippen LogP contribution in [0.15, 0.2) is 18.2 Å². The van der Waals surface area contributed by atoms with E-state index in [-0.39, 0.29) is 0 Å². The van der Waals surface area contributed by atoms with Crippen LogP contribution in [0.5, 0.6) is 0 Å². The van der Waals surface area contributed by atoms with Gasteiger partial charge in [-0.2, -0.15) is 0 Å². The summed E-state index contributed by atoms with van der Waals surface area (Å²) in [6.07, 6.45) is 2.15. The zero-order valence-corrected chi connectivity index (χ0v) is 8.82. The summed E-state index contributed by atoms with van der Waals surface area (Å²) in [6, 6.07) is 6.55. The van der Waals surface area contributed by atoms with Gasteiger partial charge in [-0.1, -0.05) is 19.9 Å². The van der Waals surface area contributed by atoms with E-state index in [1.807, 2.05) is 11.3 Å². The maximum Gasteiger partial charge on any atom is 0.0935 e. The fourth-order valence-electron chi connectivity index (χ4n) is 1.39. The summed E-state index contributed by atoms with van der Waals surface area (Å²) in [6.45, 7) is 4.33. The number of aromatic nitrogens is 1. The second-order valence-corrected chi connectivity index (χ2v) is 4.23. The number of hydrogen-bond donors (Lipinski definition) is 0. The lowest BCUT2D eigenvalue weighted by Crippen LogP contribution is -1.77. The fourth-order valence-corrected chi connectivity index (χ4v) is 2.36. The van der Waals surface area contributed by atoms with Gasteiger partial charge in [-0.25, -0.2) is 4.98 Å². The average molecular weight is 191 g/mol. The van der Waals surface area contributed by atoms with Crippen LogP contribution in [0, 0.1) is 0 Å². The van der Waals surface area contributed by atoms with E-state index < -0.39 is 0 Å². The molecule has 0 aliphatic rings. The number of nitrogens with zero attached hydrogens (tertiary/aromatic N) is 1. The predicted octanol–water partition coefficient (Wildman–Crippen LogP) is 3.42. The third-order valence-electron chi connectivity index (χ3n) is 2.21. The molecule has 0 aliphatic carbocycles. The van der Waals surface area contributed by atoms with Crippen LogP contribution in [0.25, 0.3) is 10.2 Å². The third kappa shape index (κ3) is 1.59. The highest BCUT2D eigenvalue weighted by molar-refractivity contribution is 7.18. The lowest BCUT2D eigenvalue weighted by Gasteiger charge is -1.93. The second-order valence-electron chi connectivity index (χ2n) is 3.12. The molecule has 1 aromatic heterocycles. The summed E-state index contributed by atoms with van der Waals surface area (Å²) >= 11 is 1.82. The zero-order chi connectivity index (χ0) is 9.26. The summed E-state index contributed by atoms with van der Waals surface area (Å²) in [4.78, 5) is 4.53. The first-order chi connectivity index (χ1) is 6.33. The van der Waals surface area contributed by atoms with Crippen molar-refractivity contribution in [3.63, 3.8) is 0 Å². The van der Waals surface area contributed by atoms with Crippen molar-refractivity contribution in [2.75, 3.05) is 0 Å². The van der Waals surface area contributed by atoms with E-state index in [0.29, 0.717) is 0 Å². The molecule has 1 heterocycles. The quantitative estimate of drug-likeness (QED) is 0.708. The van der Waals surface area contributed by atoms with Crippen LogP contribution >= 0.6 is 11.3 Å². The monoisotopic (exact) mass is 191 g/mol. The number of aryl methyl sites for hydroxylation is 2. The van der Waals surface area contributed by atoms with Crippen molar-refractivity contribution in [2.45, 2.75) is 26.7 Å². The van der Waals surface area contributed by atoms with Crippen LogP contribution in [-0.4, -0.2) is 4.98 Å². The molecular weight excluding hydrogens is 178 g/mol. The van der Waals surface area contributed by atoms with Crippen LogP contribution in [0.2, 0.25) is 0 Å². The summed E-state index contributed by atoms with van der Waals surface area (Å²) in [5.74, 6) is 0. The fraction of sp³-hybridized carbons (Fsp3) is 0.364. The summed E-state index contributed by atoms with van der Waals surface area (Å²) in [5, 5.41) is 1.24. The molecule has 2 rings (SSSR count). The van der Waals surface area contributed by atoms with Gasteiger partial charge >= 0.3 is 0 Å². The van der Waals surface area contributed by atoms with Crippen molar-refractivity contribution in [3.8, 4) is 0 Å². The Kier molecular flexibility index (Phi) is 2.32. The van der Waals surface area contributed by atoms with Crippen molar-refractivity contribution in [1.29, 1.82) is 0 Å². The van der Waals surface area contributed by atoms with E-state index >= 15 is 0 Å². The van der Waals surface area contributed by atoms with Gasteiger partial charge in [0.05, 0.1) is 15.2 Å². The highest BCUT2D eigenvalue weighted by Crippen LogP contribution is 2.23. The lowest BCUT2D eigenvalue weighted by molar-refractivity contribution is 1.11. The van der Waals surface area contributed by atoms with E-state index in [0.717, 1.165) is 18.4 Å². The molecule has 0 unspecified atom stereocenters. The Bertz CT molecular complexity index is 415. The Labute approximate surface area is 82.4 Å². The maximum absolute atomic E-state index is 4.53. The van der Waals surface area contributed by atoms with Crippen molar-refractivity contribution in [3.05, 3.63) is 28.8 Å². The molecule has 0 bridgehead atoms. The molecule has 0 amide bonds. The van der Waals surface area contributed by atoms with E-state index in [4.69, 9.17) is 0 Å². The molecular formula is C11H13NS. The Morgan fingerprint density at radius 2 is 2.08 bits per heavy atom. The van der Waals surface area contributed by atoms with Gasteiger partial charge < -0.3 is 0 Å². The smallest absolute Gasteiger partial charge is 0.0935 e. The van der Waals surface area contributed by atoms with Gasteiger partial charge in [-0.3, -0.25) is 0 Å². The molecule has 0 saturated heterocycles. The molecule has 0 saturated carbocycles. The number of benzene rings is 1. The molecule has 68 valence electrons. The van der Waals surface area contributed by atoms with Crippen molar-refractivity contribution < 1.29 is 0 Å². The van der Waals surface area contributed by atoms with E-state index in [1.54, 1.807) is 0 Å². The minimum Gasteiger partial charge on any atom is -0.241 e. The second kappa shape index (κ2) is 3.46. The largest absolute Gasteiger partial charge is 0.241 e. The van der Waals surface area contributed by atoms with Crippen molar-refractivity contribution >= 4 is 21.6 Å². The Morgan fingerprint density at radius 1 is 1.23 bits per heavy atom. The van der Waals surface area contributed by atoms with Gasteiger partial charge in [0.15, 0.2) is 0 Å². The van der Waals surface area contributed by atoms with Gasteiger partial charge in [-0.15, -0.1) is 11.3 Å². The summed E-state index contributed by atoms with van der Waals surface area (Å²) < 4.78 is 1.33. The van der Waals surface area contributed by atoms with Crippen molar-refractivity contribution in [2.24, 2.45) is 0 Å². The third-order valence-corrected chi connectivity index (χ3v) is 3.37. The molecule has 13 heavy (non-hydrogen) atoms. The first kappa shape index (κ1) is 8.70. The molecule has 0 spiro atoms. The van der Waals surface area contributed by atoms with Gasteiger partial charge in [0.1, 0.15) is 0 Å². The number of fused-ring (bicyclic) bond motifs is 1. The van der Waals surface area contributed by atoms with E-state index in [2.05, 4.69) is 37.0 Å². The van der Waals surface area contributed by atoms with E-state index in [9.17, 15) is 0 Å². The topological polar surface area (TPSA) is 12.9 Å². The molecule has 0 fully saturated rings. The van der Waals surface area contributed by atoms with Gasteiger partial charge in [0.25, 0.3) is 0 Å². The van der Waals surface area contributed by atoms with Gasteiger partial charge in [0.2, 0.25) is 0 Å². The molecule has 2 aromatic rings. The number of rotatable bonds is 2. The van der Waals surface area contributed by atoms with Gasteiger partial charge in [-0.05, 0) is 30.5 Å². The number of thiazole rings is 1. The maximum atomic E-state index is 4.53. The van der Waals surface area contributed by atoms with Crippen LogP contribution in [0.1, 0.15) is 24.4 Å². The number of hydrogen-bond acceptors (Lipinski definition) is 2. The van der Waals surface area contributed by atoms with Crippen molar-refractivity contribution in [1.82, 2.24) is 4.98 Å². The SMILES string of the molecule is CCc1ccc2nc(CC)sc2c1. The zero-order valence-electron chi connectivity index (χ0n) is 8.00. The molecule has 0 aliphatic heterocycles. The first-order valence-corrected chi connectivity index (χ1v) is 5.53. The van der Waals surface area contributed by atoms with Crippen LogP contribution in [0.4, 0.5) is 0 Å². The molecule has 0 N–H and O–H groups in total. The minimum atomic E-state index is 1.04. The minimum absolute atomic E-state index is 1.04. The lowest BCUT2D eigenvalue weighted by atomic mass is 10.2. The Hall–Kier alpha value is -0.890. The standard InChI is InChI=1S/C11H13NS/c1-3-8-5-6-9-10(7-8)13-11(4-2)12-9/h5-7H,3-4H2,1-2H3. The Morgan fingerprint density at radius 3 is 2.77 bits per heavy atom. The highest BCUT2D eigenvalue weighted by atomic mass is 32.1. The highest BCUT2D eigenvalue weighted by Gasteiger charge is 2.01. The molecule has 0 atom stereocenters. The normalized spacial score (nSPS) is 10.9. The Balaban J connectivity index is 2.57. The van der Waals surface area contributed by atoms with Crippen LogP contribution in [-0.2, 0) is 12.8 Å². The van der Waals surface area contributed by atoms with Crippen LogP contribution in [0.3, 0.4) is 0 Å². The predicted molar refractivity (Wildman–Crippen MR) is 58.4 cm³/mol. The first-order valence-electron chi connectivity index (χ1n) is 4.71. The van der Waals surface area contributed by atoms with E-state index in [1.165, 1.54) is 15.3 Å². The van der Waals surface area contributed by atoms with Gasteiger partial charge in [0, 0.05) is 0 Å². The molecule has 0 radical (unpaired) electrons.